The third kappa shape index (κ3) is 3.82. The molecule has 0 aliphatic heterocycles. The Morgan fingerprint density at radius 2 is 1.92 bits per heavy atom. The average Bonchev–Trinajstić information content (AvgIpc) is 2.86. The highest BCUT2D eigenvalue weighted by molar-refractivity contribution is 6.09. The number of carbonyl (C=O) groups is 1. The lowest BCUT2D eigenvalue weighted by Gasteiger charge is -2.09. The van der Waals surface area contributed by atoms with E-state index < -0.39 is 0 Å². The summed E-state index contributed by atoms with van der Waals surface area (Å²) in [5, 5.41) is 6.71. The lowest BCUT2D eigenvalue weighted by Crippen LogP contribution is -2.37. The van der Waals surface area contributed by atoms with Gasteiger partial charge in [-0.15, -0.1) is 0 Å². The Kier molecular flexibility index (Phi) is 5.39. The van der Waals surface area contributed by atoms with E-state index in [4.69, 9.17) is 10.3 Å². The van der Waals surface area contributed by atoms with Gasteiger partial charge in [-0.25, -0.2) is 0 Å². The van der Waals surface area contributed by atoms with Gasteiger partial charge in [-0.3, -0.25) is 15.1 Å². The Balaban J connectivity index is 2.37. The second-order valence-electron chi connectivity index (χ2n) is 6.30. The van der Waals surface area contributed by atoms with E-state index in [1.165, 1.54) is 0 Å². The maximum absolute atomic E-state index is 12.6. The smallest absolute Gasteiger partial charge is 0.263 e. The molecule has 2 aromatic rings. The molecule has 0 saturated heterocycles. The number of guanidine groups is 1. The standard InChI is InChI=1S/C18H24N4O2/c1-10(2)9-20-18(19)21-17(23)15-13(5)24-22-16(15)14-11(3)7-6-8-12(14)4/h6-8,10H,9H2,1-5H3,(H3,19,20,21,23). The summed E-state index contributed by atoms with van der Waals surface area (Å²) in [4.78, 5) is 16.8. The monoisotopic (exact) mass is 328 g/mol. The minimum absolute atomic E-state index is 0.0988. The van der Waals surface area contributed by atoms with Crippen molar-refractivity contribution in [2.45, 2.75) is 34.6 Å². The number of amides is 1. The van der Waals surface area contributed by atoms with Crippen LogP contribution in [0.25, 0.3) is 11.3 Å². The zero-order valence-corrected chi connectivity index (χ0v) is 14.8. The molecule has 0 fully saturated rings. The van der Waals surface area contributed by atoms with Crippen molar-refractivity contribution in [3.63, 3.8) is 0 Å². The third-order valence-corrected chi connectivity index (χ3v) is 3.68. The van der Waals surface area contributed by atoms with Gasteiger partial charge >= 0.3 is 0 Å². The van der Waals surface area contributed by atoms with E-state index >= 15 is 0 Å². The number of hydrogen-bond acceptors (Lipinski definition) is 4. The summed E-state index contributed by atoms with van der Waals surface area (Å²) in [6.45, 7) is 10.3. The number of nitrogens with zero attached hydrogens (tertiary/aromatic N) is 2. The summed E-state index contributed by atoms with van der Waals surface area (Å²) in [6, 6.07) is 5.93. The van der Waals surface area contributed by atoms with Gasteiger partial charge in [-0.1, -0.05) is 37.2 Å². The molecule has 1 heterocycles. The van der Waals surface area contributed by atoms with Gasteiger partial charge < -0.3 is 10.3 Å². The first-order valence-electron chi connectivity index (χ1n) is 7.95. The fraction of sp³-hybridized carbons (Fsp3) is 0.389. The van der Waals surface area contributed by atoms with Crippen molar-refractivity contribution in [2.75, 3.05) is 6.54 Å². The predicted molar refractivity (Wildman–Crippen MR) is 94.9 cm³/mol. The molecule has 0 unspecified atom stereocenters. The van der Waals surface area contributed by atoms with Crippen molar-refractivity contribution in [2.24, 2.45) is 16.6 Å². The molecule has 0 atom stereocenters. The molecule has 1 aromatic heterocycles. The molecule has 0 bridgehead atoms. The highest BCUT2D eigenvalue weighted by Gasteiger charge is 2.24. The van der Waals surface area contributed by atoms with Gasteiger partial charge in [-0.05, 0) is 37.8 Å². The predicted octanol–water partition coefficient (Wildman–Crippen LogP) is 2.97. The fourth-order valence-corrected chi connectivity index (χ4v) is 2.50. The molecule has 0 saturated carbocycles. The van der Waals surface area contributed by atoms with E-state index in [-0.39, 0.29) is 11.9 Å². The second kappa shape index (κ2) is 7.29. The largest absolute Gasteiger partial charge is 0.370 e. The minimum Gasteiger partial charge on any atom is -0.370 e. The van der Waals surface area contributed by atoms with Gasteiger partial charge in [0.05, 0.1) is 0 Å². The molecular formula is C18H24N4O2. The molecule has 0 spiro atoms. The Labute approximate surface area is 142 Å². The normalized spacial score (nSPS) is 11.8. The molecule has 1 amide bonds. The summed E-state index contributed by atoms with van der Waals surface area (Å²) in [5.41, 5.74) is 9.66. The molecule has 2 rings (SSSR count). The molecule has 0 aliphatic carbocycles. The zero-order valence-electron chi connectivity index (χ0n) is 14.8. The van der Waals surface area contributed by atoms with Crippen LogP contribution in [0.5, 0.6) is 0 Å². The first kappa shape index (κ1) is 17.7. The topological polar surface area (TPSA) is 93.5 Å². The molecule has 1 aromatic carbocycles. The number of carbonyl (C=O) groups excluding carboxylic acids is 1. The van der Waals surface area contributed by atoms with E-state index in [0.717, 1.165) is 16.7 Å². The number of rotatable bonds is 4. The van der Waals surface area contributed by atoms with Gasteiger partial charge in [0.15, 0.2) is 5.96 Å². The van der Waals surface area contributed by atoms with Crippen LogP contribution >= 0.6 is 0 Å². The van der Waals surface area contributed by atoms with Gasteiger partial charge in [0.2, 0.25) is 0 Å². The van der Waals surface area contributed by atoms with Gasteiger partial charge in [-0.2, -0.15) is 0 Å². The highest BCUT2D eigenvalue weighted by atomic mass is 16.5. The lowest BCUT2D eigenvalue weighted by atomic mass is 9.96. The maximum Gasteiger partial charge on any atom is 0.263 e. The van der Waals surface area contributed by atoms with Crippen LogP contribution in [0.4, 0.5) is 0 Å². The van der Waals surface area contributed by atoms with Crippen molar-refractivity contribution >= 4 is 11.9 Å². The zero-order chi connectivity index (χ0) is 17.9. The second-order valence-corrected chi connectivity index (χ2v) is 6.30. The molecule has 24 heavy (non-hydrogen) atoms. The van der Waals surface area contributed by atoms with E-state index in [1.807, 2.05) is 45.9 Å². The molecular weight excluding hydrogens is 304 g/mol. The molecule has 6 heteroatoms. The number of aromatic nitrogens is 1. The van der Waals surface area contributed by atoms with Crippen LogP contribution in [0.15, 0.2) is 27.7 Å². The SMILES string of the molecule is Cc1cccc(C)c1-c1noc(C)c1C(=O)NC(N)=NCC(C)C. The van der Waals surface area contributed by atoms with E-state index in [9.17, 15) is 4.79 Å². The van der Waals surface area contributed by atoms with E-state index in [0.29, 0.717) is 29.5 Å². The van der Waals surface area contributed by atoms with Gasteiger partial charge in [0.1, 0.15) is 17.0 Å². The van der Waals surface area contributed by atoms with E-state index in [1.54, 1.807) is 6.92 Å². The Hall–Kier alpha value is -2.63. The quantitative estimate of drug-likeness (QED) is 0.666. The van der Waals surface area contributed by atoms with Crippen molar-refractivity contribution in [3.05, 3.63) is 40.6 Å². The van der Waals surface area contributed by atoms with Crippen LogP contribution in [0.1, 0.15) is 41.1 Å². The van der Waals surface area contributed by atoms with Crippen molar-refractivity contribution in [3.8, 4) is 11.3 Å². The van der Waals surface area contributed by atoms with Gasteiger partial charge in [0, 0.05) is 12.1 Å². The van der Waals surface area contributed by atoms with Crippen LogP contribution < -0.4 is 11.1 Å². The number of nitrogens with two attached hydrogens (primary N) is 1. The van der Waals surface area contributed by atoms with Gasteiger partial charge in [0.25, 0.3) is 5.91 Å². The third-order valence-electron chi connectivity index (χ3n) is 3.68. The van der Waals surface area contributed by atoms with Crippen molar-refractivity contribution in [1.29, 1.82) is 0 Å². The number of benzene rings is 1. The van der Waals surface area contributed by atoms with Crippen LogP contribution in [0.3, 0.4) is 0 Å². The molecule has 6 nitrogen and oxygen atoms in total. The summed E-state index contributed by atoms with van der Waals surface area (Å²) in [7, 11) is 0. The van der Waals surface area contributed by atoms with Crippen LogP contribution in [-0.2, 0) is 0 Å². The number of nitrogens with one attached hydrogen (secondary N) is 1. The number of aliphatic imine (C=N–C) groups is 1. The first-order chi connectivity index (χ1) is 11.3. The van der Waals surface area contributed by atoms with Crippen LogP contribution in [0, 0.1) is 26.7 Å². The Morgan fingerprint density at radius 3 is 2.50 bits per heavy atom. The fourth-order valence-electron chi connectivity index (χ4n) is 2.50. The van der Waals surface area contributed by atoms with Crippen LogP contribution in [0.2, 0.25) is 0 Å². The molecule has 128 valence electrons. The van der Waals surface area contributed by atoms with Crippen LogP contribution in [-0.4, -0.2) is 23.6 Å². The maximum atomic E-state index is 12.6. The Morgan fingerprint density at radius 1 is 1.29 bits per heavy atom. The van der Waals surface area contributed by atoms with Crippen molar-refractivity contribution < 1.29 is 9.32 Å². The summed E-state index contributed by atoms with van der Waals surface area (Å²) >= 11 is 0. The first-order valence-corrected chi connectivity index (χ1v) is 7.95. The minimum atomic E-state index is -0.364. The average molecular weight is 328 g/mol. The molecule has 0 radical (unpaired) electrons. The summed E-state index contributed by atoms with van der Waals surface area (Å²) < 4.78 is 5.27. The summed E-state index contributed by atoms with van der Waals surface area (Å²) in [5.74, 6) is 0.544. The van der Waals surface area contributed by atoms with Crippen molar-refractivity contribution in [1.82, 2.24) is 10.5 Å². The molecule has 0 aliphatic rings. The Bertz CT molecular complexity index is 755. The molecule has 3 N–H and O–H groups in total. The summed E-state index contributed by atoms with van der Waals surface area (Å²) in [6.07, 6.45) is 0. The highest BCUT2D eigenvalue weighted by Crippen LogP contribution is 2.30. The van der Waals surface area contributed by atoms with E-state index in [2.05, 4.69) is 15.5 Å². The number of hydrogen-bond donors (Lipinski definition) is 2. The number of aryl methyl sites for hydroxylation is 3. The lowest BCUT2D eigenvalue weighted by molar-refractivity contribution is 0.0975.